The molecule has 0 bridgehead atoms. The van der Waals surface area contributed by atoms with Gasteiger partial charge in [-0.05, 0) is 66.4 Å². The molecule has 0 radical (unpaired) electrons. The maximum Gasteiger partial charge on any atom is 0.411 e. The van der Waals surface area contributed by atoms with Gasteiger partial charge >= 0.3 is 6.09 Å². The van der Waals surface area contributed by atoms with Crippen molar-refractivity contribution >= 4 is 39.1 Å². The highest BCUT2D eigenvalue weighted by Gasteiger charge is 2.31. The number of likely N-dealkylation sites (tertiary alicyclic amines) is 1. The van der Waals surface area contributed by atoms with Crippen LogP contribution in [0.4, 0.5) is 20.6 Å². The second-order valence-electron chi connectivity index (χ2n) is 10.3. The van der Waals surface area contributed by atoms with Crippen molar-refractivity contribution in [3.05, 3.63) is 77.1 Å². The van der Waals surface area contributed by atoms with Crippen LogP contribution in [0.1, 0.15) is 40.4 Å². The van der Waals surface area contributed by atoms with Crippen LogP contribution in [0.25, 0.3) is 0 Å². The molecule has 0 aliphatic carbocycles. The molecule has 45 heavy (non-hydrogen) atoms. The predicted octanol–water partition coefficient (Wildman–Crippen LogP) is 4.13. The molecule has 0 saturated carbocycles. The first-order valence-electron chi connectivity index (χ1n) is 14.0. The van der Waals surface area contributed by atoms with Gasteiger partial charge in [-0.3, -0.25) is 14.9 Å². The van der Waals surface area contributed by atoms with Crippen LogP contribution < -0.4 is 25.4 Å². The van der Waals surface area contributed by atoms with Crippen LogP contribution >= 0.6 is 0 Å². The minimum atomic E-state index is -3.20. The van der Waals surface area contributed by atoms with Crippen molar-refractivity contribution in [1.82, 2.24) is 10.2 Å². The van der Waals surface area contributed by atoms with Crippen molar-refractivity contribution in [2.75, 3.05) is 51.3 Å². The lowest BCUT2D eigenvalue weighted by molar-refractivity contribution is -0.131. The van der Waals surface area contributed by atoms with Crippen LogP contribution in [-0.4, -0.2) is 71.9 Å². The van der Waals surface area contributed by atoms with E-state index in [1.165, 1.54) is 45.6 Å². The monoisotopic (exact) mass is 642 g/mol. The molecule has 1 fully saturated rings. The Labute approximate surface area is 260 Å². The number of rotatable bonds is 8. The first-order valence-corrected chi connectivity index (χ1v) is 15.9. The van der Waals surface area contributed by atoms with E-state index in [0.717, 1.165) is 19.1 Å². The molecule has 0 spiro atoms. The van der Waals surface area contributed by atoms with Gasteiger partial charge in [0.1, 0.15) is 6.04 Å². The molecule has 2 heterocycles. The zero-order valence-corrected chi connectivity index (χ0v) is 26.1. The van der Waals surface area contributed by atoms with Gasteiger partial charge < -0.3 is 29.7 Å². The van der Waals surface area contributed by atoms with Crippen LogP contribution in [0, 0.1) is 5.82 Å². The molecule has 3 N–H and O–H groups in total. The fourth-order valence-electron chi connectivity index (χ4n) is 4.93. The molecule has 1 atom stereocenters. The first kappa shape index (κ1) is 33.1. The van der Waals surface area contributed by atoms with E-state index in [2.05, 4.69) is 20.7 Å². The standard InChI is InChI=1S/C22H24FN3O4.C9H11NO4S/c1-29-16-8-6-13(11-17(16)30-2)20(22(28)26-9-3-4-10-26)25-15-7-5-14-12-24-21(27)18(14)19(15)23;1-14-9(11)10-7-3-5-8(6-4-7)15(2,12)13/h5-8,11,20,25H,3-4,9-10,12H2,1-2H3,(H,24,27);3-6H,1-2H3,(H,10,11). The number of amides is 3. The third-order valence-corrected chi connectivity index (χ3v) is 8.44. The van der Waals surface area contributed by atoms with Crippen LogP contribution in [-0.2, 0) is 25.9 Å². The number of sulfone groups is 1. The number of benzene rings is 3. The topological polar surface area (TPSA) is 152 Å². The molecule has 2 aliphatic heterocycles. The molecular weight excluding hydrogens is 607 g/mol. The molecule has 1 saturated heterocycles. The van der Waals surface area contributed by atoms with Crippen molar-refractivity contribution in [3.63, 3.8) is 0 Å². The van der Waals surface area contributed by atoms with E-state index < -0.39 is 33.7 Å². The number of fused-ring (bicyclic) bond motifs is 1. The van der Waals surface area contributed by atoms with Gasteiger partial charge in [0.2, 0.25) is 5.91 Å². The molecule has 3 aromatic rings. The number of carbonyl (C=O) groups excluding carboxylic acids is 3. The predicted molar refractivity (Wildman–Crippen MR) is 165 cm³/mol. The van der Waals surface area contributed by atoms with Gasteiger partial charge in [-0.1, -0.05) is 12.1 Å². The van der Waals surface area contributed by atoms with Gasteiger partial charge in [-0.15, -0.1) is 0 Å². The van der Waals surface area contributed by atoms with Crippen molar-refractivity contribution in [2.45, 2.75) is 30.3 Å². The molecular formula is C31H35FN4O8S. The molecule has 1 unspecified atom stereocenters. The molecule has 5 rings (SSSR count). The van der Waals surface area contributed by atoms with Crippen LogP contribution in [0.5, 0.6) is 11.5 Å². The number of nitrogens with one attached hydrogen (secondary N) is 3. The number of hydrogen-bond acceptors (Lipinski definition) is 9. The van der Waals surface area contributed by atoms with E-state index in [-0.39, 0.29) is 22.1 Å². The fourth-order valence-corrected chi connectivity index (χ4v) is 5.56. The minimum Gasteiger partial charge on any atom is -0.493 e. The first-order chi connectivity index (χ1) is 21.5. The molecule has 14 heteroatoms. The highest BCUT2D eigenvalue weighted by molar-refractivity contribution is 7.90. The Bertz CT molecular complexity index is 1680. The summed E-state index contributed by atoms with van der Waals surface area (Å²) < 4.78 is 52.4. The van der Waals surface area contributed by atoms with Crippen molar-refractivity contribution in [3.8, 4) is 11.5 Å². The van der Waals surface area contributed by atoms with Gasteiger partial charge in [-0.25, -0.2) is 17.6 Å². The van der Waals surface area contributed by atoms with Crippen LogP contribution in [0.2, 0.25) is 0 Å². The van der Waals surface area contributed by atoms with Crippen molar-refractivity contribution in [1.29, 1.82) is 0 Å². The molecule has 240 valence electrons. The van der Waals surface area contributed by atoms with Gasteiger partial charge in [0.15, 0.2) is 27.2 Å². The van der Waals surface area contributed by atoms with Crippen molar-refractivity contribution in [2.24, 2.45) is 0 Å². The molecule has 12 nitrogen and oxygen atoms in total. The second kappa shape index (κ2) is 14.3. The Morgan fingerprint density at radius 1 is 0.956 bits per heavy atom. The van der Waals surface area contributed by atoms with Gasteiger partial charge in [0, 0.05) is 31.6 Å². The van der Waals surface area contributed by atoms with E-state index >= 15 is 4.39 Å². The Kier molecular flexibility index (Phi) is 10.5. The number of nitrogens with zero attached hydrogens (tertiary/aromatic N) is 1. The van der Waals surface area contributed by atoms with Crippen molar-refractivity contribution < 1.29 is 41.4 Å². The highest BCUT2D eigenvalue weighted by Crippen LogP contribution is 2.34. The summed E-state index contributed by atoms with van der Waals surface area (Å²) in [5.74, 6) is -0.232. The van der Waals surface area contributed by atoms with E-state index in [1.807, 2.05) is 0 Å². The Hall–Kier alpha value is -4.85. The van der Waals surface area contributed by atoms with E-state index in [4.69, 9.17) is 9.47 Å². The lowest BCUT2D eigenvalue weighted by atomic mass is 10.0. The largest absolute Gasteiger partial charge is 0.493 e. The smallest absolute Gasteiger partial charge is 0.411 e. The zero-order chi connectivity index (χ0) is 32.7. The SMILES string of the molecule is COC(=O)Nc1ccc(S(C)(=O)=O)cc1.COc1ccc(C(Nc2ccc3c(c2F)C(=O)NC3)C(=O)N2CCCC2)cc1OC. The Balaban J connectivity index is 0.000000259. The summed E-state index contributed by atoms with van der Waals surface area (Å²) in [7, 11) is 1.11. The minimum absolute atomic E-state index is 0.0275. The normalized spacial score (nSPS) is 14.3. The number of carbonyl (C=O) groups is 3. The number of methoxy groups -OCH3 is 3. The van der Waals surface area contributed by atoms with Gasteiger partial charge in [0.05, 0.1) is 37.5 Å². The number of hydrogen-bond donors (Lipinski definition) is 3. The Morgan fingerprint density at radius 2 is 1.62 bits per heavy atom. The molecule has 2 aliphatic rings. The molecule has 3 aromatic carbocycles. The van der Waals surface area contributed by atoms with E-state index in [1.54, 1.807) is 35.2 Å². The van der Waals surface area contributed by atoms with Crippen LogP contribution in [0.3, 0.4) is 0 Å². The fraction of sp³-hybridized carbons (Fsp3) is 0.323. The second-order valence-corrected chi connectivity index (χ2v) is 12.3. The summed E-state index contributed by atoms with van der Waals surface area (Å²) in [5, 5.41) is 8.07. The zero-order valence-electron chi connectivity index (χ0n) is 25.3. The number of ether oxygens (including phenoxy) is 3. The van der Waals surface area contributed by atoms with Gasteiger partial charge in [0.25, 0.3) is 5.91 Å². The van der Waals surface area contributed by atoms with E-state index in [0.29, 0.717) is 47.9 Å². The van der Waals surface area contributed by atoms with Crippen LogP contribution in [0.15, 0.2) is 59.5 Å². The summed E-state index contributed by atoms with van der Waals surface area (Å²) in [6.07, 6.45) is 2.41. The maximum absolute atomic E-state index is 15.1. The quantitative estimate of drug-likeness (QED) is 0.329. The summed E-state index contributed by atoms with van der Waals surface area (Å²) >= 11 is 0. The summed E-state index contributed by atoms with van der Waals surface area (Å²) in [6, 6.07) is 13.4. The van der Waals surface area contributed by atoms with Gasteiger partial charge in [-0.2, -0.15) is 0 Å². The Morgan fingerprint density at radius 3 is 2.22 bits per heavy atom. The lowest BCUT2D eigenvalue weighted by Gasteiger charge is -2.26. The molecule has 3 amide bonds. The maximum atomic E-state index is 15.1. The highest BCUT2D eigenvalue weighted by atomic mass is 32.2. The summed E-state index contributed by atoms with van der Waals surface area (Å²) in [6.45, 7) is 1.63. The third-order valence-electron chi connectivity index (χ3n) is 7.31. The third kappa shape index (κ3) is 7.81. The average molecular weight is 643 g/mol. The summed E-state index contributed by atoms with van der Waals surface area (Å²) in [4.78, 5) is 38.1. The number of anilines is 2. The lowest BCUT2D eigenvalue weighted by Crippen LogP contribution is -2.36. The average Bonchev–Trinajstić information content (AvgIpc) is 3.71. The number of halogens is 1. The van der Waals surface area contributed by atoms with E-state index in [9.17, 15) is 22.8 Å². The summed E-state index contributed by atoms with van der Waals surface area (Å²) in [5.41, 5.74) is 1.84. The molecule has 0 aromatic heterocycles.